The minimum absolute atomic E-state index is 0.303. The van der Waals surface area contributed by atoms with Crippen molar-refractivity contribution < 1.29 is 19.4 Å². The van der Waals surface area contributed by atoms with Gasteiger partial charge in [0.1, 0.15) is 0 Å². The van der Waals surface area contributed by atoms with Crippen LogP contribution in [0, 0.1) is 11.8 Å². The fraction of sp³-hybridized carbons (Fsp3) is 0.867. The summed E-state index contributed by atoms with van der Waals surface area (Å²) in [6, 6.07) is 0. The summed E-state index contributed by atoms with van der Waals surface area (Å²) in [5.74, 6) is -2.13. The zero-order chi connectivity index (χ0) is 14.1. The van der Waals surface area contributed by atoms with Gasteiger partial charge < -0.3 is 9.84 Å². The van der Waals surface area contributed by atoms with Crippen LogP contribution in [0.2, 0.25) is 0 Å². The number of hydrogen-bond acceptors (Lipinski definition) is 3. The summed E-state index contributed by atoms with van der Waals surface area (Å²) in [7, 11) is 0. The number of carbonyl (C=O) groups excluding carboxylic acids is 1. The van der Waals surface area contributed by atoms with E-state index in [0.29, 0.717) is 19.4 Å². The van der Waals surface area contributed by atoms with Crippen LogP contribution < -0.4 is 0 Å². The molecule has 0 bridgehead atoms. The van der Waals surface area contributed by atoms with Gasteiger partial charge in [0.05, 0.1) is 18.4 Å². The van der Waals surface area contributed by atoms with Gasteiger partial charge in [0.15, 0.2) is 0 Å². The van der Waals surface area contributed by atoms with Gasteiger partial charge in [-0.1, -0.05) is 45.4 Å². The van der Waals surface area contributed by atoms with E-state index in [1.165, 1.54) is 19.3 Å². The van der Waals surface area contributed by atoms with E-state index in [2.05, 4.69) is 6.92 Å². The predicted octanol–water partition coefficient (Wildman–Crippen LogP) is 3.39. The summed E-state index contributed by atoms with van der Waals surface area (Å²) >= 11 is 0. The summed E-state index contributed by atoms with van der Waals surface area (Å²) in [6.45, 7) is 2.60. The van der Waals surface area contributed by atoms with Crippen molar-refractivity contribution >= 4 is 11.9 Å². The second-order valence-electron chi connectivity index (χ2n) is 5.42. The van der Waals surface area contributed by atoms with Gasteiger partial charge in [-0.2, -0.15) is 0 Å². The smallest absolute Gasteiger partial charge is 0.309 e. The minimum Gasteiger partial charge on any atom is -0.481 e. The van der Waals surface area contributed by atoms with Crippen LogP contribution in [0.25, 0.3) is 0 Å². The van der Waals surface area contributed by atoms with E-state index in [1.807, 2.05) is 0 Å². The Kier molecular flexibility index (Phi) is 7.53. The van der Waals surface area contributed by atoms with Gasteiger partial charge in [0.25, 0.3) is 0 Å². The van der Waals surface area contributed by atoms with Gasteiger partial charge in [-0.3, -0.25) is 9.59 Å². The molecule has 4 heteroatoms. The van der Waals surface area contributed by atoms with Crippen molar-refractivity contribution in [1.29, 1.82) is 0 Å². The van der Waals surface area contributed by atoms with Crippen LogP contribution >= 0.6 is 0 Å². The number of carbonyl (C=O) groups is 2. The van der Waals surface area contributed by atoms with Gasteiger partial charge in [-0.15, -0.1) is 0 Å². The first-order valence-electron chi connectivity index (χ1n) is 7.56. The molecular formula is C15H26O4. The number of carboxylic acid groups (broad SMARTS) is 1. The first-order valence-corrected chi connectivity index (χ1v) is 7.56. The van der Waals surface area contributed by atoms with Crippen LogP contribution in [0.1, 0.15) is 64.7 Å². The zero-order valence-corrected chi connectivity index (χ0v) is 11.9. The van der Waals surface area contributed by atoms with Crippen LogP contribution in [0.15, 0.2) is 0 Å². The zero-order valence-electron chi connectivity index (χ0n) is 11.9. The highest BCUT2D eigenvalue weighted by Gasteiger charge is 2.36. The van der Waals surface area contributed by atoms with E-state index in [-0.39, 0.29) is 5.97 Å². The molecule has 0 aromatic rings. The molecule has 0 amide bonds. The second-order valence-corrected chi connectivity index (χ2v) is 5.42. The van der Waals surface area contributed by atoms with Gasteiger partial charge in [0, 0.05) is 0 Å². The molecule has 0 aliphatic heterocycles. The van der Waals surface area contributed by atoms with E-state index in [0.717, 1.165) is 25.7 Å². The molecule has 0 radical (unpaired) electrons. The van der Waals surface area contributed by atoms with Crippen LogP contribution in [-0.4, -0.2) is 23.7 Å². The molecule has 1 aliphatic carbocycles. The number of aliphatic carboxylic acids is 1. The molecule has 0 heterocycles. The molecular weight excluding hydrogens is 244 g/mol. The number of carboxylic acids is 1. The summed E-state index contributed by atoms with van der Waals surface area (Å²) in [6.07, 6.45) is 8.65. The molecule has 1 fully saturated rings. The van der Waals surface area contributed by atoms with E-state index in [4.69, 9.17) is 9.84 Å². The molecule has 0 aromatic heterocycles. The molecule has 0 spiro atoms. The Morgan fingerprint density at radius 2 is 1.68 bits per heavy atom. The van der Waals surface area contributed by atoms with E-state index >= 15 is 0 Å². The highest BCUT2D eigenvalue weighted by molar-refractivity contribution is 5.81. The van der Waals surface area contributed by atoms with Crippen LogP contribution in [0.5, 0.6) is 0 Å². The average molecular weight is 270 g/mol. The second kappa shape index (κ2) is 8.94. The average Bonchev–Trinajstić information content (AvgIpc) is 2.42. The molecule has 2 atom stereocenters. The van der Waals surface area contributed by atoms with Crippen molar-refractivity contribution in [2.45, 2.75) is 64.7 Å². The number of unbranched alkanes of at least 4 members (excludes halogenated alkanes) is 4. The number of ether oxygens (including phenoxy) is 1. The third kappa shape index (κ3) is 5.62. The van der Waals surface area contributed by atoms with Gasteiger partial charge in [-0.05, 0) is 19.3 Å². The Bertz CT molecular complexity index is 288. The van der Waals surface area contributed by atoms with Crippen molar-refractivity contribution in [3.05, 3.63) is 0 Å². The van der Waals surface area contributed by atoms with Crippen LogP contribution in [-0.2, 0) is 14.3 Å². The van der Waals surface area contributed by atoms with E-state index in [9.17, 15) is 9.59 Å². The Morgan fingerprint density at radius 3 is 2.32 bits per heavy atom. The maximum Gasteiger partial charge on any atom is 0.309 e. The first-order chi connectivity index (χ1) is 9.16. The van der Waals surface area contributed by atoms with Crippen molar-refractivity contribution in [2.75, 3.05) is 6.61 Å². The molecule has 19 heavy (non-hydrogen) atoms. The lowest BCUT2D eigenvalue weighted by Gasteiger charge is -2.26. The minimum atomic E-state index is -0.857. The third-order valence-electron chi connectivity index (χ3n) is 3.88. The standard InChI is InChI=1S/C15H26O4/c1-2-3-4-5-8-11-19-15(18)13-10-7-6-9-12(13)14(16)17/h12-13H,2-11H2,1H3,(H,16,17). The molecule has 0 saturated heterocycles. The summed E-state index contributed by atoms with van der Waals surface area (Å²) < 4.78 is 5.24. The summed E-state index contributed by atoms with van der Waals surface area (Å²) in [5, 5.41) is 9.12. The first kappa shape index (κ1) is 16.0. The van der Waals surface area contributed by atoms with Gasteiger partial charge in [0.2, 0.25) is 0 Å². The lowest BCUT2D eigenvalue weighted by atomic mass is 9.79. The fourth-order valence-electron chi connectivity index (χ4n) is 2.69. The molecule has 110 valence electrons. The van der Waals surface area contributed by atoms with Crippen molar-refractivity contribution in [3.63, 3.8) is 0 Å². The largest absolute Gasteiger partial charge is 0.481 e. The molecule has 1 rings (SSSR count). The van der Waals surface area contributed by atoms with Gasteiger partial charge >= 0.3 is 11.9 Å². The molecule has 1 N–H and O–H groups in total. The van der Waals surface area contributed by atoms with Crippen LogP contribution in [0.3, 0.4) is 0 Å². The lowest BCUT2D eigenvalue weighted by molar-refractivity contribution is -0.159. The number of esters is 1. The maximum atomic E-state index is 11.9. The Labute approximate surface area is 115 Å². The monoisotopic (exact) mass is 270 g/mol. The van der Waals surface area contributed by atoms with Gasteiger partial charge in [-0.25, -0.2) is 0 Å². The quantitative estimate of drug-likeness (QED) is 0.542. The lowest BCUT2D eigenvalue weighted by Crippen LogP contribution is -2.33. The molecule has 2 unspecified atom stereocenters. The summed E-state index contributed by atoms with van der Waals surface area (Å²) in [5.41, 5.74) is 0. The number of hydrogen-bond donors (Lipinski definition) is 1. The Balaban J connectivity index is 2.25. The van der Waals surface area contributed by atoms with E-state index in [1.54, 1.807) is 0 Å². The van der Waals surface area contributed by atoms with Crippen molar-refractivity contribution in [3.8, 4) is 0 Å². The highest BCUT2D eigenvalue weighted by Crippen LogP contribution is 2.31. The normalized spacial score (nSPS) is 23.0. The van der Waals surface area contributed by atoms with E-state index < -0.39 is 17.8 Å². The topological polar surface area (TPSA) is 63.6 Å². The highest BCUT2D eigenvalue weighted by atomic mass is 16.5. The summed E-state index contributed by atoms with van der Waals surface area (Å²) in [4.78, 5) is 23.0. The number of rotatable bonds is 8. The fourth-order valence-corrected chi connectivity index (χ4v) is 2.69. The molecule has 1 aliphatic rings. The maximum absolute atomic E-state index is 11.9. The molecule has 4 nitrogen and oxygen atoms in total. The Morgan fingerprint density at radius 1 is 1.05 bits per heavy atom. The van der Waals surface area contributed by atoms with Crippen molar-refractivity contribution in [1.82, 2.24) is 0 Å². The molecule has 0 aromatic carbocycles. The van der Waals surface area contributed by atoms with Crippen LogP contribution in [0.4, 0.5) is 0 Å². The third-order valence-corrected chi connectivity index (χ3v) is 3.88. The molecule has 1 saturated carbocycles. The SMILES string of the molecule is CCCCCCCOC(=O)C1CCCCC1C(=O)O. The Hall–Kier alpha value is -1.06. The van der Waals surface area contributed by atoms with Crippen molar-refractivity contribution in [2.24, 2.45) is 11.8 Å². The predicted molar refractivity (Wildman–Crippen MR) is 72.8 cm³/mol.